The Hall–Kier alpha value is -3.52. The summed E-state index contributed by atoms with van der Waals surface area (Å²) < 4.78 is 1.61. The molecular formula is C19H14ClN7O. The van der Waals surface area contributed by atoms with Gasteiger partial charge in [-0.2, -0.15) is 9.78 Å². The highest BCUT2D eigenvalue weighted by atomic mass is 35.5. The summed E-state index contributed by atoms with van der Waals surface area (Å²) in [5.74, 6) is 0.365. The van der Waals surface area contributed by atoms with Gasteiger partial charge in [0.15, 0.2) is 0 Å². The van der Waals surface area contributed by atoms with Crippen molar-refractivity contribution in [2.24, 2.45) is 0 Å². The van der Waals surface area contributed by atoms with Crippen LogP contribution in [0.3, 0.4) is 0 Å². The number of tetrazole rings is 1. The van der Waals surface area contributed by atoms with Crippen LogP contribution >= 0.6 is 11.6 Å². The molecule has 2 aromatic heterocycles. The molecule has 2 aromatic carbocycles. The molecule has 2 N–H and O–H groups in total. The highest BCUT2D eigenvalue weighted by Crippen LogP contribution is 2.42. The fraction of sp³-hybridized carbons (Fsp3) is 0.105. The topological polar surface area (TPSA) is 101 Å². The van der Waals surface area contributed by atoms with Crippen LogP contribution < -0.4 is 10.9 Å². The average molecular weight is 392 g/mol. The van der Waals surface area contributed by atoms with Gasteiger partial charge in [0, 0.05) is 21.7 Å². The molecule has 28 heavy (non-hydrogen) atoms. The zero-order chi connectivity index (χ0) is 19.3. The fourth-order valence-corrected chi connectivity index (χ4v) is 3.69. The average Bonchev–Trinajstić information content (AvgIpc) is 3.17. The lowest BCUT2D eigenvalue weighted by Crippen LogP contribution is -2.29. The Morgan fingerprint density at radius 2 is 1.89 bits per heavy atom. The van der Waals surface area contributed by atoms with Gasteiger partial charge in [-0.05, 0) is 23.4 Å². The first-order chi connectivity index (χ1) is 13.6. The molecule has 1 atom stereocenters. The minimum absolute atomic E-state index is 0.350. The highest BCUT2D eigenvalue weighted by Gasteiger charge is 2.35. The second kappa shape index (κ2) is 6.28. The molecule has 1 aliphatic rings. The number of rotatable bonds is 2. The Morgan fingerprint density at radius 3 is 2.68 bits per heavy atom. The van der Waals surface area contributed by atoms with Gasteiger partial charge in [-0.1, -0.05) is 64.7 Å². The van der Waals surface area contributed by atoms with Crippen LogP contribution in [-0.4, -0.2) is 30.4 Å². The van der Waals surface area contributed by atoms with Crippen molar-refractivity contribution in [3.8, 4) is 11.3 Å². The van der Waals surface area contributed by atoms with Crippen LogP contribution in [0.15, 0.2) is 53.3 Å². The van der Waals surface area contributed by atoms with Gasteiger partial charge in [-0.15, -0.1) is 0 Å². The lowest BCUT2D eigenvalue weighted by Gasteiger charge is -2.28. The van der Waals surface area contributed by atoms with E-state index in [1.165, 1.54) is 0 Å². The molecule has 1 unspecified atom stereocenters. The van der Waals surface area contributed by atoms with Crippen LogP contribution in [0.1, 0.15) is 22.7 Å². The van der Waals surface area contributed by atoms with Gasteiger partial charge in [0.2, 0.25) is 5.95 Å². The van der Waals surface area contributed by atoms with Crippen molar-refractivity contribution in [3.63, 3.8) is 0 Å². The van der Waals surface area contributed by atoms with Crippen LogP contribution in [0.4, 0.5) is 11.6 Å². The number of H-pyrrole nitrogens is 1. The number of aromatic nitrogens is 6. The molecule has 0 saturated carbocycles. The van der Waals surface area contributed by atoms with Crippen molar-refractivity contribution < 1.29 is 0 Å². The summed E-state index contributed by atoms with van der Waals surface area (Å²) in [5, 5.41) is 22.4. The summed E-state index contributed by atoms with van der Waals surface area (Å²) in [4.78, 5) is 12.6. The molecule has 5 rings (SSSR count). The standard InChI is InChI=1S/C19H14ClN7O/c1-10-6-8-11(9-7-10)15-14-16(18(28)23-22-15)21-19-24-25-26-27(19)17(14)12-4-2-3-5-13(12)20/h2-9,17H,1H3,(H,23,28)(H,21,24,26). The molecule has 4 aromatic rings. The minimum atomic E-state index is -0.499. The number of hydrogen-bond donors (Lipinski definition) is 2. The van der Waals surface area contributed by atoms with Crippen molar-refractivity contribution in [1.29, 1.82) is 0 Å². The second-order valence-corrected chi connectivity index (χ2v) is 6.96. The third-order valence-electron chi connectivity index (χ3n) is 4.79. The molecule has 0 spiro atoms. The van der Waals surface area contributed by atoms with Gasteiger partial charge in [-0.25, -0.2) is 5.10 Å². The summed E-state index contributed by atoms with van der Waals surface area (Å²) in [6.07, 6.45) is 0. The van der Waals surface area contributed by atoms with E-state index in [-0.39, 0.29) is 5.56 Å². The van der Waals surface area contributed by atoms with E-state index in [2.05, 4.69) is 31.0 Å². The third kappa shape index (κ3) is 2.49. The molecule has 138 valence electrons. The number of nitrogens with one attached hydrogen (secondary N) is 2. The molecule has 0 radical (unpaired) electrons. The third-order valence-corrected chi connectivity index (χ3v) is 5.14. The van der Waals surface area contributed by atoms with Crippen LogP contribution in [0.5, 0.6) is 0 Å². The minimum Gasteiger partial charge on any atom is -0.318 e. The van der Waals surface area contributed by atoms with Crippen molar-refractivity contribution in [3.05, 3.63) is 80.6 Å². The van der Waals surface area contributed by atoms with Gasteiger partial charge in [0.25, 0.3) is 5.56 Å². The number of aromatic amines is 1. The lowest BCUT2D eigenvalue weighted by atomic mass is 9.92. The summed E-state index contributed by atoms with van der Waals surface area (Å²) in [6.45, 7) is 2.01. The Balaban J connectivity index is 1.84. The molecule has 1 aliphatic heterocycles. The van der Waals surface area contributed by atoms with Crippen molar-refractivity contribution in [2.45, 2.75) is 13.0 Å². The van der Waals surface area contributed by atoms with Crippen molar-refractivity contribution in [1.82, 2.24) is 30.4 Å². The molecule has 0 aliphatic carbocycles. The SMILES string of the molecule is Cc1ccc(-c2n[nH]c(=O)c3c2C(c2ccccc2Cl)n2nnnc2N3)cc1. The Morgan fingerprint density at radius 1 is 1.11 bits per heavy atom. The number of benzene rings is 2. The summed E-state index contributed by atoms with van der Waals surface area (Å²) in [7, 11) is 0. The highest BCUT2D eigenvalue weighted by molar-refractivity contribution is 6.31. The largest absolute Gasteiger partial charge is 0.318 e. The quantitative estimate of drug-likeness (QED) is 0.479. The number of fused-ring (bicyclic) bond motifs is 2. The van der Waals surface area contributed by atoms with Gasteiger partial charge in [0.1, 0.15) is 11.7 Å². The van der Waals surface area contributed by atoms with E-state index >= 15 is 0 Å². The smallest absolute Gasteiger partial charge is 0.288 e. The van der Waals surface area contributed by atoms with E-state index in [4.69, 9.17) is 11.6 Å². The monoisotopic (exact) mass is 391 g/mol. The summed E-state index contributed by atoms with van der Waals surface area (Å²) in [5.41, 5.74) is 4.09. The van der Waals surface area contributed by atoms with E-state index in [1.54, 1.807) is 10.7 Å². The van der Waals surface area contributed by atoms with E-state index in [0.717, 1.165) is 16.7 Å². The van der Waals surface area contributed by atoms with Crippen LogP contribution in [0.25, 0.3) is 11.3 Å². The Bertz CT molecular complexity index is 1250. The maximum atomic E-state index is 12.6. The van der Waals surface area contributed by atoms with Crippen molar-refractivity contribution in [2.75, 3.05) is 5.32 Å². The molecule has 0 fully saturated rings. The zero-order valence-electron chi connectivity index (χ0n) is 14.7. The first-order valence-electron chi connectivity index (χ1n) is 8.62. The molecule has 0 bridgehead atoms. The zero-order valence-corrected chi connectivity index (χ0v) is 15.5. The fourth-order valence-electron chi connectivity index (χ4n) is 3.45. The number of nitrogens with zero attached hydrogens (tertiary/aromatic N) is 5. The Kier molecular flexibility index (Phi) is 3.73. The van der Waals surface area contributed by atoms with Crippen molar-refractivity contribution >= 4 is 23.2 Å². The molecule has 0 saturated heterocycles. The number of aryl methyl sites for hydroxylation is 1. The summed E-state index contributed by atoms with van der Waals surface area (Å²) in [6, 6.07) is 14.9. The molecule has 9 heteroatoms. The van der Waals surface area contributed by atoms with Gasteiger partial charge < -0.3 is 5.32 Å². The Labute approximate surface area is 164 Å². The first-order valence-corrected chi connectivity index (χ1v) is 9.00. The van der Waals surface area contributed by atoms with Crippen LogP contribution in [0.2, 0.25) is 5.02 Å². The number of hydrogen-bond acceptors (Lipinski definition) is 6. The predicted octanol–water partition coefficient (Wildman–Crippen LogP) is 3.08. The molecule has 0 amide bonds. The predicted molar refractivity (Wildman–Crippen MR) is 105 cm³/mol. The number of anilines is 2. The van der Waals surface area contributed by atoms with E-state index in [9.17, 15) is 4.79 Å². The lowest BCUT2D eigenvalue weighted by molar-refractivity contribution is 0.567. The van der Waals surface area contributed by atoms with Crippen LogP contribution in [0, 0.1) is 6.92 Å². The maximum Gasteiger partial charge on any atom is 0.288 e. The van der Waals surface area contributed by atoms with Gasteiger partial charge >= 0.3 is 0 Å². The molecular weight excluding hydrogens is 378 g/mol. The maximum absolute atomic E-state index is 12.6. The molecule has 8 nitrogen and oxygen atoms in total. The van der Waals surface area contributed by atoms with Gasteiger partial charge in [-0.3, -0.25) is 4.79 Å². The van der Waals surface area contributed by atoms with E-state index < -0.39 is 6.04 Å². The normalized spacial score (nSPS) is 14.9. The van der Waals surface area contributed by atoms with Gasteiger partial charge in [0.05, 0.1) is 5.69 Å². The summed E-state index contributed by atoms with van der Waals surface area (Å²) >= 11 is 6.51. The van der Waals surface area contributed by atoms with E-state index in [0.29, 0.717) is 27.9 Å². The first kappa shape index (κ1) is 16.6. The number of halogens is 1. The van der Waals surface area contributed by atoms with E-state index in [1.807, 2.05) is 49.4 Å². The van der Waals surface area contributed by atoms with Crippen LogP contribution in [-0.2, 0) is 0 Å². The second-order valence-electron chi connectivity index (χ2n) is 6.55. The molecule has 3 heterocycles.